The average Bonchev–Trinajstić information content (AvgIpc) is 3.29. The number of hydrogen-bond donors (Lipinski definition) is 1. The van der Waals surface area contributed by atoms with Crippen molar-refractivity contribution in [1.29, 1.82) is 0 Å². The number of hydroxylamine groups is 2. The van der Waals surface area contributed by atoms with Gasteiger partial charge in [0.05, 0.1) is 35.7 Å². The third kappa shape index (κ3) is 3.95. The fraction of sp³-hybridized carbons (Fsp3) is 0.579. The van der Waals surface area contributed by atoms with Crippen molar-refractivity contribution in [3.63, 3.8) is 0 Å². The molecule has 2 unspecified atom stereocenters. The van der Waals surface area contributed by atoms with Crippen LogP contribution in [0.3, 0.4) is 0 Å². The van der Waals surface area contributed by atoms with Crippen LogP contribution in [0.2, 0.25) is 0 Å². The molecule has 8 heteroatoms. The molecular formula is C19H27N5O3. The Hall–Kier alpha value is -2.48. The topological polar surface area (TPSA) is 91.6 Å². The lowest BCUT2D eigenvalue weighted by Crippen LogP contribution is -2.41. The van der Waals surface area contributed by atoms with Gasteiger partial charge >= 0.3 is 0 Å². The number of unbranched alkanes of at least 4 members (excludes halogenated alkanes) is 1. The highest BCUT2D eigenvalue weighted by atomic mass is 16.5. The van der Waals surface area contributed by atoms with Gasteiger partial charge in [-0.3, -0.25) is 19.8 Å². The van der Waals surface area contributed by atoms with E-state index in [1.165, 1.54) is 0 Å². The van der Waals surface area contributed by atoms with Crippen molar-refractivity contribution in [3.05, 3.63) is 24.3 Å². The van der Waals surface area contributed by atoms with Crippen molar-refractivity contribution in [2.75, 3.05) is 13.1 Å². The van der Waals surface area contributed by atoms with E-state index in [1.54, 1.807) is 12.4 Å². The highest BCUT2D eigenvalue weighted by Gasteiger charge is 2.36. The molecule has 0 aliphatic carbocycles. The predicted octanol–water partition coefficient (Wildman–Crippen LogP) is 2.29. The third-order valence-corrected chi connectivity index (χ3v) is 5.34. The van der Waals surface area contributed by atoms with Crippen molar-refractivity contribution >= 4 is 23.4 Å². The molecule has 8 nitrogen and oxygen atoms in total. The number of nitrogens with zero attached hydrogens (tertiary/aromatic N) is 5. The summed E-state index contributed by atoms with van der Waals surface area (Å²) in [5, 5.41) is 10.2. The zero-order chi connectivity index (χ0) is 19.4. The van der Waals surface area contributed by atoms with E-state index in [-0.39, 0.29) is 18.5 Å². The van der Waals surface area contributed by atoms with E-state index in [1.807, 2.05) is 22.6 Å². The summed E-state index contributed by atoms with van der Waals surface area (Å²) in [6.07, 6.45) is 8.10. The Kier molecular flexibility index (Phi) is 6.05. The first-order chi connectivity index (χ1) is 13.1. The number of likely N-dealkylation sites (tertiary alicyclic amines) is 1. The molecule has 2 atom stereocenters. The van der Waals surface area contributed by atoms with Crippen LogP contribution in [-0.2, 0) is 16.6 Å². The molecule has 3 rings (SSSR count). The van der Waals surface area contributed by atoms with Crippen LogP contribution in [0.4, 0.5) is 0 Å². The molecule has 2 amide bonds. The van der Waals surface area contributed by atoms with E-state index in [0.29, 0.717) is 24.4 Å². The summed E-state index contributed by atoms with van der Waals surface area (Å²) in [4.78, 5) is 34.8. The van der Waals surface area contributed by atoms with Crippen LogP contribution in [0.15, 0.2) is 18.5 Å². The van der Waals surface area contributed by atoms with E-state index in [2.05, 4.69) is 11.9 Å². The summed E-state index contributed by atoms with van der Waals surface area (Å²) < 4.78 is 2.00. The Balaban J connectivity index is 1.85. The van der Waals surface area contributed by atoms with Gasteiger partial charge in [-0.1, -0.05) is 19.8 Å². The van der Waals surface area contributed by atoms with Crippen LogP contribution in [0.1, 0.15) is 50.9 Å². The lowest BCUT2D eigenvalue weighted by Gasteiger charge is -2.29. The monoisotopic (exact) mass is 373 g/mol. The molecule has 2 aromatic heterocycles. The van der Waals surface area contributed by atoms with Gasteiger partial charge in [0.25, 0.3) is 0 Å². The van der Waals surface area contributed by atoms with Crippen molar-refractivity contribution in [1.82, 2.24) is 24.5 Å². The molecule has 146 valence electrons. The highest BCUT2D eigenvalue weighted by molar-refractivity contribution is 5.80. The van der Waals surface area contributed by atoms with Gasteiger partial charge in [-0.15, -0.1) is 0 Å². The summed E-state index contributed by atoms with van der Waals surface area (Å²) in [6, 6.07) is 1.78. The van der Waals surface area contributed by atoms with Crippen LogP contribution in [-0.4, -0.2) is 55.1 Å². The van der Waals surface area contributed by atoms with Gasteiger partial charge in [0, 0.05) is 19.8 Å². The minimum Gasteiger partial charge on any atom is -0.332 e. The normalized spacial score (nSPS) is 18.0. The largest absolute Gasteiger partial charge is 0.332 e. The average molecular weight is 373 g/mol. The number of carbonyl (C=O) groups excluding carboxylic acids is 2. The Morgan fingerprint density at radius 2 is 2.33 bits per heavy atom. The van der Waals surface area contributed by atoms with Crippen LogP contribution in [0.5, 0.6) is 0 Å². The molecule has 0 saturated carbocycles. The molecule has 3 heterocycles. The van der Waals surface area contributed by atoms with E-state index in [9.17, 15) is 14.8 Å². The molecule has 0 aromatic carbocycles. The van der Waals surface area contributed by atoms with Crippen LogP contribution in [0, 0.1) is 5.92 Å². The minimum absolute atomic E-state index is 0.0166. The molecule has 0 bridgehead atoms. The summed E-state index contributed by atoms with van der Waals surface area (Å²) >= 11 is 0. The van der Waals surface area contributed by atoms with E-state index in [0.717, 1.165) is 42.5 Å². The number of aryl methyl sites for hydroxylation is 1. The van der Waals surface area contributed by atoms with Gasteiger partial charge in [0.1, 0.15) is 5.82 Å². The number of rotatable bonds is 8. The van der Waals surface area contributed by atoms with Crippen molar-refractivity contribution in [3.8, 4) is 0 Å². The first-order valence-corrected chi connectivity index (χ1v) is 9.54. The Labute approximate surface area is 158 Å². The lowest BCUT2D eigenvalue weighted by molar-refractivity contribution is -0.157. The third-order valence-electron chi connectivity index (χ3n) is 5.34. The summed E-state index contributed by atoms with van der Waals surface area (Å²) in [5.74, 6) is 0.434. The highest BCUT2D eigenvalue weighted by Crippen LogP contribution is 2.34. The quantitative estimate of drug-likeness (QED) is 0.435. The van der Waals surface area contributed by atoms with E-state index in [4.69, 9.17) is 4.98 Å². The van der Waals surface area contributed by atoms with Crippen molar-refractivity contribution in [2.24, 2.45) is 13.0 Å². The van der Waals surface area contributed by atoms with Gasteiger partial charge in [0.15, 0.2) is 0 Å². The second kappa shape index (κ2) is 8.47. The predicted molar refractivity (Wildman–Crippen MR) is 99.8 cm³/mol. The van der Waals surface area contributed by atoms with E-state index < -0.39 is 5.92 Å². The molecule has 1 aliphatic heterocycles. The first kappa shape index (κ1) is 19.3. The smallest absolute Gasteiger partial charge is 0.233 e. The summed E-state index contributed by atoms with van der Waals surface area (Å²) in [6.45, 7) is 2.75. The van der Waals surface area contributed by atoms with Gasteiger partial charge in [-0.2, -0.15) is 0 Å². The maximum Gasteiger partial charge on any atom is 0.233 e. The number of amides is 2. The zero-order valence-electron chi connectivity index (χ0n) is 15.9. The summed E-state index contributed by atoms with van der Waals surface area (Å²) in [5.41, 5.74) is 1.81. The fourth-order valence-corrected chi connectivity index (χ4v) is 3.90. The number of carbonyl (C=O) groups is 2. The molecule has 2 aromatic rings. The molecule has 27 heavy (non-hydrogen) atoms. The molecule has 1 N–H and O–H groups in total. The maximum atomic E-state index is 13.2. The minimum atomic E-state index is -0.405. The lowest BCUT2D eigenvalue weighted by atomic mass is 9.99. The van der Waals surface area contributed by atoms with Gasteiger partial charge in [-0.25, -0.2) is 10.0 Å². The maximum absolute atomic E-state index is 13.2. The van der Waals surface area contributed by atoms with Crippen LogP contribution < -0.4 is 0 Å². The second-order valence-electron chi connectivity index (χ2n) is 7.15. The molecule has 1 saturated heterocycles. The number of imidazole rings is 1. The molecular weight excluding hydrogens is 346 g/mol. The number of hydrogen-bond acceptors (Lipinski definition) is 5. The van der Waals surface area contributed by atoms with Gasteiger partial charge < -0.3 is 9.47 Å². The first-order valence-electron chi connectivity index (χ1n) is 9.54. The van der Waals surface area contributed by atoms with Crippen LogP contribution >= 0.6 is 0 Å². The molecule has 1 fully saturated rings. The summed E-state index contributed by atoms with van der Waals surface area (Å²) in [7, 11) is 1.95. The standard InChI is InChI=1S/C19H27N5O3/c1-3-4-6-14(12-23(27)13-25)19(26)24-10-5-7-16(24)18-21-15-8-9-20-11-17(15)22(18)2/h8-9,11,13-14,16,27H,3-7,10,12H2,1-2H3. The number of aromatic nitrogens is 3. The number of fused-ring (bicyclic) bond motifs is 1. The Morgan fingerprint density at radius 1 is 1.52 bits per heavy atom. The Bertz CT molecular complexity index is 806. The van der Waals surface area contributed by atoms with E-state index >= 15 is 0 Å². The molecule has 0 radical (unpaired) electrons. The Morgan fingerprint density at radius 3 is 3.04 bits per heavy atom. The molecule has 0 spiro atoms. The molecule has 1 aliphatic rings. The fourth-order valence-electron chi connectivity index (χ4n) is 3.90. The number of pyridine rings is 1. The van der Waals surface area contributed by atoms with Crippen molar-refractivity contribution in [2.45, 2.75) is 45.1 Å². The van der Waals surface area contributed by atoms with Gasteiger partial charge in [-0.05, 0) is 25.3 Å². The van der Waals surface area contributed by atoms with Crippen LogP contribution in [0.25, 0.3) is 11.0 Å². The SMILES string of the molecule is CCCCC(CN(O)C=O)C(=O)N1CCCC1c1nc2ccncc2n1C. The van der Waals surface area contributed by atoms with Gasteiger partial charge in [0.2, 0.25) is 12.3 Å². The zero-order valence-corrected chi connectivity index (χ0v) is 15.9. The van der Waals surface area contributed by atoms with Crippen molar-refractivity contribution < 1.29 is 14.8 Å². The second-order valence-corrected chi connectivity index (χ2v) is 7.15.